The Bertz CT molecular complexity index is 433. The van der Waals surface area contributed by atoms with Crippen LogP contribution in [0.15, 0.2) is 30.5 Å². The van der Waals surface area contributed by atoms with Gasteiger partial charge in [0.15, 0.2) is 0 Å². The number of hydrogen-bond donors (Lipinski definition) is 0. The Kier molecular flexibility index (Phi) is 3.40. The molecule has 2 nitrogen and oxygen atoms in total. The quantitative estimate of drug-likeness (QED) is 0.705. The Morgan fingerprint density at radius 1 is 1.31 bits per heavy atom. The van der Waals surface area contributed by atoms with Gasteiger partial charge in [0.25, 0.3) is 0 Å². The maximum Gasteiger partial charge on any atom is 0.148 e. The van der Waals surface area contributed by atoms with Crippen LogP contribution in [0.4, 0.5) is 0 Å². The van der Waals surface area contributed by atoms with Crippen molar-refractivity contribution < 1.29 is 37.5 Å². The summed E-state index contributed by atoms with van der Waals surface area (Å²) in [6.45, 7) is 1.98. The molecule has 0 aliphatic heterocycles. The largest absolute Gasteiger partial charge is 0.449 e. The Morgan fingerprint density at radius 2 is 2.00 bits per heavy atom. The Labute approximate surface area is 102 Å². The Hall–Kier alpha value is -0.466. The molecule has 2 aromatic rings. The van der Waals surface area contributed by atoms with E-state index in [1.807, 2.05) is 37.6 Å². The van der Waals surface area contributed by atoms with Crippen LogP contribution in [0.3, 0.4) is 0 Å². The van der Waals surface area contributed by atoms with Crippen LogP contribution < -0.4 is 0 Å². The number of para-hydroxylation sites is 1. The van der Waals surface area contributed by atoms with E-state index in [0.29, 0.717) is 0 Å². The maximum absolute atomic E-state index is 10.5. The fourth-order valence-electron chi connectivity index (χ4n) is 1.43. The zero-order valence-electron chi connectivity index (χ0n) is 7.32. The van der Waals surface area contributed by atoms with E-state index in [0.717, 1.165) is 16.5 Å². The van der Waals surface area contributed by atoms with Gasteiger partial charge in [0.05, 0.1) is 0 Å². The molecule has 0 bridgehead atoms. The van der Waals surface area contributed by atoms with Gasteiger partial charge in [-0.15, -0.1) is 0 Å². The van der Waals surface area contributed by atoms with Gasteiger partial charge in [0, 0.05) is 32.7 Å². The van der Waals surface area contributed by atoms with Crippen molar-refractivity contribution in [3.05, 3.63) is 36.0 Å². The predicted octanol–water partition coefficient (Wildman–Crippen LogP) is 1.86. The summed E-state index contributed by atoms with van der Waals surface area (Å²) in [6.07, 6.45) is 3.65. The fourth-order valence-corrected chi connectivity index (χ4v) is 1.43. The van der Waals surface area contributed by atoms with Gasteiger partial charge in [-0.2, -0.15) is 0 Å². The van der Waals surface area contributed by atoms with Crippen molar-refractivity contribution in [3.8, 4) is 0 Å². The van der Waals surface area contributed by atoms with Crippen LogP contribution in [0.2, 0.25) is 0 Å². The molecule has 2 rings (SSSR count). The average Bonchev–Trinajstić information content (AvgIpc) is 2.44. The molecule has 0 N–H and O–H groups in total. The molecule has 0 saturated carbocycles. The Morgan fingerprint density at radius 3 is 2.69 bits per heavy atom. The number of carbonyl (C=O) groups excluding carboxylic acids is 1. The maximum atomic E-state index is 10.5. The van der Waals surface area contributed by atoms with E-state index < -0.39 is 0 Å². The van der Waals surface area contributed by atoms with E-state index in [1.54, 1.807) is 6.20 Å². The number of aryl methyl sites for hydroxylation is 1. The third kappa shape index (κ3) is 1.74. The van der Waals surface area contributed by atoms with Crippen molar-refractivity contribution in [1.82, 2.24) is 4.57 Å². The third-order valence-corrected chi connectivity index (χ3v) is 2.01. The standard InChI is InChI=1S/C10H8NO.Y/c1-8-6-11(7-12)10-5-3-2-4-9(8)10;/h2-6H,1H3;/q-1;. The van der Waals surface area contributed by atoms with Crippen molar-refractivity contribution in [2.45, 2.75) is 6.92 Å². The molecule has 3 heteroatoms. The minimum absolute atomic E-state index is 0. The van der Waals surface area contributed by atoms with Crippen molar-refractivity contribution in [2.24, 2.45) is 0 Å². The van der Waals surface area contributed by atoms with Crippen molar-refractivity contribution >= 4 is 17.3 Å². The number of aromatic nitrogens is 1. The predicted molar refractivity (Wildman–Crippen MR) is 47.8 cm³/mol. The molecule has 1 radical (unpaired) electrons. The van der Waals surface area contributed by atoms with Crippen LogP contribution in [-0.2, 0) is 37.5 Å². The van der Waals surface area contributed by atoms with Crippen LogP contribution in [0.25, 0.3) is 10.9 Å². The molecule has 1 aromatic heterocycles. The van der Waals surface area contributed by atoms with E-state index in [2.05, 4.69) is 0 Å². The normalized spacial score (nSPS) is 9.62. The smallest absolute Gasteiger partial charge is 0.148 e. The number of fused-ring (bicyclic) bond motifs is 1. The molecule has 1 aromatic carbocycles. The first-order chi connectivity index (χ1) is 5.83. The molecule has 13 heavy (non-hydrogen) atoms. The summed E-state index contributed by atoms with van der Waals surface area (Å²) in [5.41, 5.74) is 2.03. The van der Waals surface area contributed by atoms with Crippen molar-refractivity contribution in [1.29, 1.82) is 0 Å². The third-order valence-electron chi connectivity index (χ3n) is 2.01. The number of hydrogen-bond acceptors (Lipinski definition) is 1. The molecule has 1 heterocycles. The zero-order valence-corrected chi connectivity index (χ0v) is 10.2. The summed E-state index contributed by atoms with van der Waals surface area (Å²) in [5.74, 6) is 0. The van der Waals surface area contributed by atoms with E-state index in [9.17, 15) is 4.79 Å². The van der Waals surface area contributed by atoms with Crippen LogP contribution in [0, 0.1) is 6.92 Å². The molecule has 0 saturated heterocycles. The topological polar surface area (TPSA) is 22.0 Å². The van der Waals surface area contributed by atoms with Gasteiger partial charge in [0.1, 0.15) is 6.41 Å². The van der Waals surface area contributed by atoms with Crippen LogP contribution in [0.1, 0.15) is 5.56 Å². The molecule has 0 aliphatic rings. The summed E-state index contributed by atoms with van der Waals surface area (Å²) in [4.78, 5) is 10.5. The number of rotatable bonds is 1. The number of benzene rings is 1. The van der Waals surface area contributed by atoms with E-state index in [4.69, 9.17) is 0 Å². The molecule has 0 amide bonds. The second kappa shape index (κ2) is 4.16. The van der Waals surface area contributed by atoms with Gasteiger partial charge in [-0.3, -0.25) is 0 Å². The SMILES string of the molecule is Cc1cn([C-]=O)c2ccccc12.[Y]. The van der Waals surface area contributed by atoms with Gasteiger partial charge >= 0.3 is 0 Å². The van der Waals surface area contributed by atoms with Crippen LogP contribution >= 0.6 is 0 Å². The molecule has 63 valence electrons. The zero-order chi connectivity index (χ0) is 8.55. The minimum Gasteiger partial charge on any atom is -0.449 e. The second-order valence-corrected chi connectivity index (χ2v) is 2.79. The van der Waals surface area contributed by atoms with Crippen LogP contribution in [-0.4, -0.2) is 11.0 Å². The molecule has 0 spiro atoms. The summed E-state index contributed by atoms with van der Waals surface area (Å²) in [6, 6.07) is 7.78. The molecule has 0 aliphatic carbocycles. The molecule has 0 fully saturated rings. The summed E-state index contributed by atoms with van der Waals surface area (Å²) >= 11 is 0. The summed E-state index contributed by atoms with van der Waals surface area (Å²) in [7, 11) is 0. The first-order valence-electron chi connectivity index (χ1n) is 3.78. The fraction of sp³-hybridized carbons (Fsp3) is 0.100. The van der Waals surface area contributed by atoms with E-state index >= 15 is 0 Å². The first kappa shape index (κ1) is 10.6. The molecule has 0 unspecified atom stereocenters. The van der Waals surface area contributed by atoms with E-state index in [1.165, 1.54) is 4.57 Å². The Balaban J connectivity index is 0.000000845. The monoisotopic (exact) mass is 247 g/mol. The first-order valence-corrected chi connectivity index (χ1v) is 3.78. The molecule has 0 atom stereocenters. The van der Waals surface area contributed by atoms with E-state index in [-0.39, 0.29) is 32.7 Å². The van der Waals surface area contributed by atoms with Crippen molar-refractivity contribution in [3.63, 3.8) is 0 Å². The van der Waals surface area contributed by atoms with Crippen molar-refractivity contribution in [2.75, 3.05) is 0 Å². The van der Waals surface area contributed by atoms with Gasteiger partial charge in [-0.1, -0.05) is 53.9 Å². The average molecular weight is 247 g/mol. The van der Waals surface area contributed by atoms with Gasteiger partial charge in [0.2, 0.25) is 0 Å². The minimum atomic E-state index is 0. The summed E-state index contributed by atoms with van der Waals surface area (Å²) < 4.78 is 1.48. The molecular weight excluding hydrogens is 239 g/mol. The second-order valence-electron chi connectivity index (χ2n) is 2.79. The summed E-state index contributed by atoms with van der Waals surface area (Å²) in [5, 5.41) is 1.11. The van der Waals surface area contributed by atoms with Gasteiger partial charge < -0.3 is 9.36 Å². The molecular formula is C10H8NOY-. The number of nitrogens with zero attached hydrogens (tertiary/aromatic N) is 1. The van der Waals surface area contributed by atoms with Gasteiger partial charge in [-0.25, -0.2) is 0 Å². The van der Waals surface area contributed by atoms with Crippen LogP contribution in [0.5, 0.6) is 0 Å². The van der Waals surface area contributed by atoms with Gasteiger partial charge in [-0.05, 0) is 0 Å².